The molecule has 0 spiro atoms. The number of ether oxygens (including phenoxy) is 1. The van der Waals surface area contributed by atoms with Gasteiger partial charge in [0, 0.05) is 41.4 Å². The molecule has 2 amide bonds. The van der Waals surface area contributed by atoms with Crippen molar-refractivity contribution in [3.63, 3.8) is 0 Å². The molecule has 6 aromatic rings. The Balaban J connectivity index is 1.45. The first kappa shape index (κ1) is 24.5. The van der Waals surface area contributed by atoms with Crippen LogP contribution in [0.25, 0.3) is 56.1 Å². The number of carbonyl (C=O) groups is 2. The van der Waals surface area contributed by atoms with E-state index >= 15 is 0 Å². The van der Waals surface area contributed by atoms with E-state index in [0.29, 0.717) is 68.3 Å². The first-order chi connectivity index (χ1) is 20.0. The fourth-order valence-corrected chi connectivity index (χ4v) is 5.07. The molecule has 7 rings (SSSR count). The molecular weight excluding hydrogens is 527 g/mol. The smallest absolute Gasteiger partial charge is 0.414 e. The average molecular weight is 549 g/mol. The number of benzene rings is 3. The fourth-order valence-electron chi connectivity index (χ4n) is 5.07. The summed E-state index contributed by atoms with van der Waals surface area (Å²) >= 11 is 0. The second kappa shape index (κ2) is 9.60. The average Bonchev–Trinajstić information content (AvgIpc) is 3.73. The number of oxazole rings is 1. The van der Waals surface area contributed by atoms with Crippen LogP contribution in [0.3, 0.4) is 0 Å². The lowest BCUT2D eigenvalue weighted by atomic mass is 9.97. The van der Waals surface area contributed by atoms with E-state index in [-0.39, 0.29) is 12.5 Å². The van der Waals surface area contributed by atoms with Crippen molar-refractivity contribution in [1.29, 1.82) is 0 Å². The van der Waals surface area contributed by atoms with Crippen molar-refractivity contribution in [2.75, 3.05) is 25.1 Å². The molecular formula is C31H21FN4O5. The maximum absolute atomic E-state index is 13.7. The Labute approximate surface area is 232 Å². The lowest BCUT2D eigenvalue weighted by Crippen LogP contribution is -2.24. The number of furan rings is 1. The number of fused-ring (bicyclic) bond motifs is 2. The number of anilines is 1. The molecule has 202 valence electrons. The second-order valence-electron chi connectivity index (χ2n) is 9.45. The zero-order valence-electron chi connectivity index (χ0n) is 21.7. The van der Waals surface area contributed by atoms with E-state index in [9.17, 15) is 14.0 Å². The molecule has 0 aliphatic carbocycles. The molecule has 3 aromatic heterocycles. The third kappa shape index (κ3) is 4.17. The van der Waals surface area contributed by atoms with Crippen LogP contribution in [0.5, 0.6) is 0 Å². The maximum atomic E-state index is 13.7. The number of amides is 2. The summed E-state index contributed by atoms with van der Waals surface area (Å²) in [4.78, 5) is 36.2. The van der Waals surface area contributed by atoms with Gasteiger partial charge in [-0.3, -0.25) is 9.69 Å². The van der Waals surface area contributed by atoms with E-state index in [0.717, 1.165) is 5.56 Å². The number of pyridine rings is 1. The van der Waals surface area contributed by atoms with Crippen LogP contribution in [0, 0.1) is 5.82 Å². The Bertz CT molecular complexity index is 1950. The summed E-state index contributed by atoms with van der Waals surface area (Å²) in [5, 5.41) is 3.21. The van der Waals surface area contributed by atoms with Crippen LogP contribution in [-0.4, -0.2) is 42.2 Å². The Morgan fingerprint density at radius 1 is 0.951 bits per heavy atom. The van der Waals surface area contributed by atoms with Crippen LogP contribution in [0.4, 0.5) is 14.9 Å². The quantitative estimate of drug-likeness (QED) is 0.264. The van der Waals surface area contributed by atoms with Crippen molar-refractivity contribution < 1.29 is 27.6 Å². The molecule has 3 aromatic carbocycles. The van der Waals surface area contributed by atoms with Gasteiger partial charge in [-0.15, -0.1) is 0 Å². The highest BCUT2D eigenvalue weighted by Crippen LogP contribution is 2.42. The third-order valence-electron chi connectivity index (χ3n) is 7.00. The van der Waals surface area contributed by atoms with Gasteiger partial charge in [-0.05, 0) is 60.2 Å². The Morgan fingerprint density at radius 3 is 2.54 bits per heavy atom. The first-order valence-electron chi connectivity index (χ1n) is 12.9. The van der Waals surface area contributed by atoms with E-state index in [4.69, 9.17) is 13.6 Å². The molecule has 0 unspecified atom stereocenters. The van der Waals surface area contributed by atoms with Gasteiger partial charge >= 0.3 is 6.09 Å². The zero-order valence-corrected chi connectivity index (χ0v) is 21.7. The van der Waals surface area contributed by atoms with Crippen molar-refractivity contribution in [2.24, 2.45) is 0 Å². The van der Waals surface area contributed by atoms with E-state index in [1.165, 1.54) is 24.1 Å². The molecule has 0 bridgehead atoms. The van der Waals surface area contributed by atoms with Gasteiger partial charge in [0.2, 0.25) is 5.89 Å². The van der Waals surface area contributed by atoms with Crippen LogP contribution >= 0.6 is 0 Å². The van der Waals surface area contributed by atoms with Gasteiger partial charge < -0.3 is 18.9 Å². The molecule has 1 fully saturated rings. The summed E-state index contributed by atoms with van der Waals surface area (Å²) in [5.74, 6) is -0.0796. The number of rotatable bonds is 5. The highest BCUT2D eigenvalue weighted by atomic mass is 19.1. The lowest BCUT2D eigenvalue weighted by Gasteiger charge is -2.18. The topological polar surface area (TPSA) is 111 Å². The van der Waals surface area contributed by atoms with Crippen molar-refractivity contribution in [2.45, 2.75) is 0 Å². The van der Waals surface area contributed by atoms with E-state index in [1.54, 1.807) is 36.5 Å². The Hall–Kier alpha value is -5.51. The highest BCUT2D eigenvalue weighted by Gasteiger charge is 2.30. The minimum atomic E-state index is -0.483. The van der Waals surface area contributed by atoms with Gasteiger partial charge in [-0.25, -0.2) is 14.2 Å². The van der Waals surface area contributed by atoms with Crippen LogP contribution in [-0.2, 0) is 4.74 Å². The number of nitrogens with one attached hydrogen (secondary N) is 1. The van der Waals surface area contributed by atoms with Gasteiger partial charge in [0.25, 0.3) is 5.91 Å². The van der Waals surface area contributed by atoms with Gasteiger partial charge in [0.1, 0.15) is 23.8 Å². The molecule has 0 atom stereocenters. The molecule has 41 heavy (non-hydrogen) atoms. The summed E-state index contributed by atoms with van der Waals surface area (Å²) in [6.07, 6.45) is 1.17. The summed E-state index contributed by atoms with van der Waals surface area (Å²) in [5.41, 5.74) is 4.98. The highest BCUT2D eigenvalue weighted by molar-refractivity contribution is 6.13. The number of hydrogen-bond donors (Lipinski definition) is 1. The second-order valence-corrected chi connectivity index (χ2v) is 9.45. The predicted molar refractivity (Wildman–Crippen MR) is 150 cm³/mol. The van der Waals surface area contributed by atoms with Crippen LogP contribution in [0.2, 0.25) is 0 Å². The predicted octanol–water partition coefficient (Wildman–Crippen LogP) is 6.43. The fraction of sp³-hybridized carbons (Fsp3) is 0.0968. The van der Waals surface area contributed by atoms with E-state index in [2.05, 4.69) is 15.3 Å². The lowest BCUT2D eigenvalue weighted by molar-refractivity contribution is 0.0964. The van der Waals surface area contributed by atoms with Gasteiger partial charge in [0.05, 0.1) is 17.8 Å². The molecule has 4 heterocycles. The maximum Gasteiger partial charge on any atom is 0.414 e. The zero-order chi connectivity index (χ0) is 28.1. The number of hydrogen-bond acceptors (Lipinski definition) is 7. The third-order valence-corrected chi connectivity index (χ3v) is 7.00. The van der Waals surface area contributed by atoms with Gasteiger partial charge in [0.15, 0.2) is 11.2 Å². The minimum Gasteiger partial charge on any atom is -0.455 e. The SMILES string of the molecule is CNC(=O)c1c(-c2ccc(F)cc2)oc2cc(N3CCOC3=O)c(-c3cccc(-c4nc5ncccc5o4)c3)cc12. The number of halogens is 1. The Morgan fingerprint density at radius 2 is 1.78 bits per heavy atom. The standard InChI is InChI=1S/C31H21FN4O5/c1-33-29(37)26-22-15-21(18-4-2-5-19(14-18)30-35-28-24(41-30)6-3-11-34-28)23(36-12-13-39-31(36)38)16-25(22)40-27(26)17-7-9-20(32)10-8-17/h2-11,14-16H,12-13H2,1H3,(H,33,37). The van der Waals surface area contributed by atoms with E-state index in [1.807, 2.05) is 30.3 Å². The van der Waals surface area contributed by atoms with Gasteiger partial charge in [-0.1, -0.05) is 12.1 Å². The molecule has 1 aliphatic rings. The summed E-state index contributed by atoms with van der Waals surface area (Å²) < 4.78 is 31.1. The number of carbonyl (C=O) groups excluding carboxylic acids is 2. The van der Waals surface area contributed by atoms with Crippen molar-refractivity contribution in [3.8, 4) is 33.9 Å². The summed E-state index contributed by atoms with van der Waals surface area (Å²) in [6.45, 7) is 0.594. The van der Waals surface area contributed by atoms with Crippen LogP contribution in [0.1, 0.15) is 10.4 Å². The minimum absolute atomic E-state index is 0.245. The molecule has 1 aliphatic heterocycles. The number of cyclic esters (lactones) is 1. The Kier molecular flexibility index (Phi) is 5.74. The van der Waals surface area contributed by atoms with Gasteiger partial charge in [-0.2, -0.15) is 4.98 Å². The molecule has 1 saturated heterocycles. The van der Waals surface area contributed by atoms with Crippen LogP contribution in [0.15, 0.2) is 87.8 Å². The van der Waals surface area contributed by atoms with Crippen molar-refractivity contribution >= 4 is 39.9 Å². The number of aromatic nitrogens is 2. The molecule has 10 heteroatoms. The molecule has 0 saturated carbocycles. The first-order valence-corrected chi connectivity index (χ1v) is 12.9. The largest absolute Gasteiger partial charge is 0.455 e. The van der Waals surface area contributed by atoms with Crippen molar-refractivity contribution in [3.05, 3.63) is 90.4 Å². The van der Waals surface area contributed by atoms with Crippen molar-refractivity contribution in [1.82, 2.24) is 15.3 Å². The molecule has 9 nitrogen and oxygen atoms in total. The van der Waals surface area contributed by atoms with Crippen LogP contribution < -0.4 is 10.2 Å². The molecule has 0 radical (unpaired) electrons. The summed E-state index contributed by atoms with van der Waals surface area (Å²) in [7, 11) is 1.53. The summed E-state index contributed by atoms with van der Waals surface area (Å²) in [6, 6.07) is 20.4. The normalized spacial score (nSPS) is 13.2. The van der Waals surface area contributed by atoms with E-state index < -0.39 is 11.9 Å². The molecule has 1 N–H and O–H groups in total. The number of nitrogens with zero attached hydrogens (tertiary/aromatic N) is 3. The monoisotopic (exact) mass is 548 g/mol.